The second-order valence-corrected chi connectivity index (χ2v) is 7.53. The molecule has 0 atom stereocenters. The topological polar surface area (TPSA) is 105 Å². The van der Waals surface area contributed by atoms with E-state index in [0.29, 0.717) is 11.2 Å². The molecule has 0 amide bonds. The Morgan fingerprint density at radius 1 is 1.05 bits per heavy atom. The summed E-state index contributed by atoms with van der Waals surface area (Å²) in [5.41, 5.74) is 5.54. The van der Waals surface area contributed by atoms with Crippen molar-refractivity contribution in [2.45, 2.75) is 43.8 Å². The standard InChI is InChI=1S/C12H19BN2O4S/c1-11(2)12(3,4)19-13(18-11)8-5-9(14)7-10(6-8)20(15,16)17/h5-7H,14H2,1-4H3,(H2,15,16,17). The predicted octanol–water partition coefficient (Wildman–Crippen LogP) is 0.215. The second-order valence-electron chi connectivity index (χ2n) is 5.97. The first kappa shape index (κ1) is 15.3. The van der Waals surface area contributed by atoms with Crippen LogP contribution in [0.1, 0.15) is 27.7 Å². The maximum absolute atomic E-state index is 11.4. The van der Waals surface area contributed by atoms with E-state index in [9.17, 15) is 8.42 Å². The highest BCUT2D eigenvalue weighted by Crippen LogP contribution is 2.36. The lowest BCUT2D eigenvalue weighted by atomic mass is 9.79. The lowest BCUT2D eigenvalue weighted by molar-refractivity contribution is 0.00578. The van der Waals surface area contributed by atoms with E-state index in [1.807, 2.05) is 27.7 Å². The molecule has 1 saturated heterocycles. The molecule has 0 aromatic heterocycles. The van der Waals surface area contributed by atoms with E-state index in [-0.39, 0.29) is 4.90 Å². The van der Waals surface area contributed by atoms with Gasteiger partial charge >= 0.3 is 7.12 Å². The third-order valence-corrected chi connectivity index (χ3v) is 4.70. The van der Waals surface area contributed by atoms with Crippen LogP contribution in [0.25, 0.3) is 0 Å². The first-order chi connectivity index (χ1) is 8.92. The fourth-order valence-corrected chi connectivity index (χ4v) is 2.53. The van der Waals surface area contributed by atoms with Gasteiger partial charge in [0.15, 0.2) is 0 Å². The molecule has 1 aromatic rings. The highest BCUT2D eigenvalue weighted by Gasteiger charge is 2.51. The number of nitrogens with two attached hydrogens (primary N) is 2. The van der Waals surface area contributed by atoms with Crippen LogP contribution in [0.4, 0.5) is 5.69 Å². The number of primary sulfonamides is 1. The highest BCUT2D eigenvalue weighted by molar-refractivity contribution is 7.89. The Balaban J connectivity index is 2.44. The van der Waals surface area contributed by atoms with Crippen LogP contribution in [0.5, 0.6) is 0 Å². The normalized spacial score (nSPS) is 21.1. The summed E-state index contributed by atoms with van der Waals surface area (Å²) >= 11 is 0. The molecule has 0 radical (unpaired) electrons. The van der Waals surface area contributed by atoms with Crippen LogP contribution in [-0.4, -0.2) is 26.7 Å². The Morgan fingerprint density at radius 3 is 2.00 bits per heavy atom. The molecule has 6 nitrogen and oxygen atoms in total. The third kappa shape index (κ3) is 2.69. The molecule has 0 spiro atoms. The molecule has 8 heteroatoms. The molecule has 0 bridgehead atoms. The summed E-state index contributed by atoms with van der Waals surface area (Å²) in [5.74, 6) is 0. The Bertz CT molecular complexity index is 627. The highest BCUT2D eigenvalue weighted by atomic mass is 32.2. The van der Waals surface area contributed by atoms with Crippen molar-refractivity contribution in [3.63, 3.8) is 0 Å². The first-order valence-electron chi connectivity index (χ1n) is 6.21. The molecule has 110 valence electrons. The van der Waals surface area contributed by atoms with E-state index in [0.717, 1.165) is 0 Å². The summed E-state index contributed by atoms with van der Waals surface area (Å²) in [5, 5.41) is 5.13. The summed E-state index contributed by atoms with van der Waals surface area (Å²) < 4.78 is 34.6. The van der Waals surface area contributed by atoms with Crippen molar-refractivity contribution >= 4 is 28.3 Å². The van der Waals surface area contributed by atoms with Gasteiger partial charge in [0.25, 0.3) is 0 Å². The SMILES string of the molecule is CC1(C)OB(c2cc(N)cc(S(N)(=O)=O)c2)OC1(C)C. The molecule has 1 aliphatic heterocycles. The molecule has 20 heavy (non-hydrogen) atoms. The van der Waals surface area contributed by atoms with Crippen LogP contribution in [0.3, 0.4) is 0 Å². The van der Waals surface area contributed by atoms with Gasteiger partial charge in [-0.15, -0.1) is 0 Å². The average Bonchev–Trinajstić information content (AvgIpc) is 2.46. The summed E-state index contributed by atoms with van der Waals surface area (Å²) in [7, 11) is -4.50. The number of anilines is 1. The van der Waals surface area contributed by atoms with Crippen molar-refractivity contribution in [3.8, 4) is 0 Å². The van der Waals surface area contributed by atoms with Gasteiger partial charge in [-0.3, -0.25) is 0 Å². The minimum atomic E-state index is -3.83. The van der Waals surface area contributed by atoms with Crippen molar-refractivity contribution in [2.75, 3.05) is 5.73 Å². The monoisotopic (exact) mass is 298 g/mol. The minimum Gasteiger partial charge on any atom is -0.399 e. The number of sulfonamides is 1. The molecule has 4 N–H and O–H groups in total. The molecule has 1 aromatic carbocycles. The smallest absolute Gasteiger partial charge is 0.399 e. The molecule has 0 saturated carbocycles. The molecule has 0 aliphatic carbocycles. The maximum Gasteiger partial charge on any atom is 0.494 e. The van der Waals surface area contributed by atoms with Crippen LogP contribution in [-0.2, 0) is 19.3 Å². The molecule has 1 aliphatic rings. The predicted molar refractivity (Wildman–Crippen MR) is 77.9 cm³/mol. The first-order valence-corrected chi connectivity index (χ1v) is 7.76. The Kier molecular flexibility index (Phi) is 3.41. The molecular weight excluding hydrogens is 279 g/mol. The van der Waals surface area contributed by atoms with Crippen LogP contribution in [0.2, 0.25) is 0 Å². The second kappa shape index (κ2) is 4.46. The lowest BCUT2D eigenvalue weighted by Gasteiger charge is -2.32. The fraction of sp³-hybridized carbons (Fsp3) is 0.500. The van der Waals surface area contributed by atoms with Crippen LogP contribution in [0, 0.1) is 0 Å². The molecule has 1 fully saturated rings. The van der Waals surface area contributed by atoms with Gasteiger partial charge in [0.1, 0.15) is 0 Å². The van der Waals surface area contributed by atoms with E-state index >= 15 is 0 Å². The van der Waals surface area contributed by atoms with Crippen LogP contribution < -0.4 is 16.3 Å². The summed E-state index contributed by atoms with van der Waals surface area (Å²) in [4.78, 5) is -0.0535. The van der Waals surface area contributed by atoms with Gasteiger partial charge in [-0.05, 0) is 51.4 Å². The van der Waals surface area contributed by atoms with Crippen LogP contribution in [0.15, 0.2) is 23.1 Å². The number of rotatable bonds is 2. The molecule has 1 heterocycles. The lowest BCUT2D eigenvalue weighted by Crippen LogP contribution is -2.41. The van der Waals surface area contributed by atoms with Gasteiger partial charge in [-0.2, -0.15) is 0 Å². The summed E-state index contributed by atoms with van der Waals surface area (Å²) in [6.45, 7) is 7.67. The van der Waals surface area contributed by atoms with Gasteiger partial charge in [-0.25, -0.2) is 13.6 Å². The van der Waals surface area contributed by atoms with Crippen LogP contribution >= 0.6 is 0 Å². The third-order valence-electron chi connectivity index (χ3n) is 3.81. The van der Waals surface area contributed by atoms with E-state index in [1.54, 1.807) is 6.07 Å². The van der Waals surface area contributed by atoms with Gasteiger partial charge in [0.05, 0.1) is 16.1 Å². The van der Waals surface area contributed by atoms with Gasteiger partial charge in [-0.1, -0.05) is 0 Å². The number of nitrogen functional groups attached to an aromatic ring is 1. The quantitative estimate of drug-likeness (QED) is 0.600. The molecule has 0 unspecified atom stereocenters. The zero-order valence-electron chi connectivity index (χ0n) is 12.0. The van der Waals surface area contributed by atoms with Crippen molar-refractivity contribution in [2.24, 2.45) is 5.14 Å². The average molecular weight is 298 g/mol. The van der Waals surface area contributed by atoms with Crippen molar-refractivity contribution in [3.05, 3.63) is 18.2 Å². The minimum absolute atomic E-state index is 0.0535. The van der Waals surface area contributed by atoms with E-state index in [4.69, 9.17) is 20.2 Å². The maximum atomic E-state index is 11.4. The number of hydrogen-bond donors (Lipinski definition) is 2. The van der Waals surface area contributed by atoms with E-state index in [1.165, 1.54) is 12.1 Å². The van der Waals surface area contributed by atoms with Gasteiger partial charge in [0.2, 0.25) is 10.0 Å². The fourth-order valence-electron chi connectivity index (χ4n) is 1.93. The van der Waals surface area contributed by atoms with Gasteiger partial charge in [0, 0.05) is 5.69 Å². The summed E-state index contributed by atoms with van der Waals surface area (Å²) in [6.07, 6.45) is 0. The number of benzene rings is 1. The zero-order valence-corrected chi connectivity index (χ0v) is 12.8. The Labute approximate surface area is 119 Å². The Morgan fingerprint density at radius 2 is 1.55 bits per heavy atom. The number of hydrogen-bond acceptors (Lipinski definition) is 5. The van der Waals surface area contributed by atoms with Crippen molar-refractivity contribution < 1.29 is 17.7 Å². The zero-order chi connectivity index (χ0) is 15.3. The van der Waals surface area contributed by atoms with Crippen molar-refractivity contribution in [1.82, 2.24) is 0 Å². The molecular formula is C12H19BN2O4S. The van der Waals surface area contributed by atoms with E-state index in [2.05, 4.69) is 0 Å². The summed E-state index contributed by atoms with van der Waals surface area (Å²) in [6, 6.07) is 4.36. The van der Waals surface area contributed by atoms with Crippen molar-refractivity contribution in [1.29, 1.82) is 0 Å². The largest absolute Gasteiger partial charge is 0.494 e. The Hall–Kier alpha value is -1.09. The molecule has 2 rings (SSSR count). The van der Waals surface area contributed by atoms with Gasteiger partial charge < -0.3 is 15.0 Å². The van der Waals surface area contributed by atoms with E-state index < -0.39 is 28.3 Å².